The number of ether oxygens (including phenoxy) is 2. The zero-order valence-electron chi connectivity index (χ0n) is 8.90. The first-order chi connectivity index (χ1) is 7.31. The average Bonchev–Trinajstić information content (AvgIpc) is 2.29. The maximum Gasteiger partial charge on any atom is 0.153 e. The Bertz CT molecular complexity index is 356. The molecule has 0 radical (unpaired) electrons. The van der Waals surface area contributed by atoms with Crippen LogP contribution >= 0.6 is 0 Å². The van der Waals surface area contributed by atoms with Crippen molar-refractivity contribution in [3.05, 3.63) is 35.9 Å². The van der Waals surface area contributed by atoms with Gasteiger partial charge in [-0.2, -0.15) is 0 Å². The van der Waals surface area contributed by atoms with Crippen molar-refractivity contribution in [1.82, 2.24) is 0 Å². The number of carbonyl (C=O) groups is 1. The molecule has 0 spiro atoms. The molecule has 80 valence electrons. The minimum atomic E-state index is 0.462. The van der Waals surface area contributed by atoms with Crippen LogP contribution in [0.15, 0.2) is 30.4 Å². The Labute approximate surface area is 89.3 Å². The molecule has 0 aliphatic carbocycles. The fraction of sp³-hybridized carbons (Fsp3) is 0.250. The molecule has 15 heavy (non-hydrogen) atoms. The van der Waals surface area contributed by atoms with Gasteiger partial charge in [-0.1, -0.05) is 12.2 Å². The Morgan fingerprint density at radius 2 is 2.20 bits per heavy atom. The molecular formula is C12H14O3. The van der Waals surface area contributed by atoms with Crippen molar-refractivity contribution in [3.63, 3.8) is 0 Å². The highest BCUT2D eigenvalue weighted by molar-refractivity contribution is 5.80. The Balaban J connectivity index is 2.82. The summed E-state index contributed by atoms with van der Waals surface area (Å²) in [5, 5.41) is 0. The van der Waals surface area contributed by atoms with Crippen molar-refractivity contribution in [2.45, 2.75) is 6.92 Å². The molecule has 0 saturated carbocycles. The molecule has 0 aliphatic rings. The zero-order chi connectivity index (χ0) is 11.1. The zero-order valence-corrected chi connectivity index (χ0v) is 8.90. The average molecular weight is 206 g/mol. The number of rotatable bonds is 5. The van der Waals surface area contributed by atoms with Crippen LogP contribution in [-0.2, 0) is 0 Å². The minimum absolute atomic E-state index is 0.462. The molecular weight excluding hydrogens is 192 g/mol. The summed E-state index contributed by atoms with van der Waals surface area (Å²) in [4.78, 5) is 10.8. The van der Waals surface area contributed by atoms with Crippen LogP contribution in [-0.4, -0.2) is 20.0 Å². The van der Waals surface area contributed by atoms with Crippen LogP contribution in [0, 0.1) is 0 Å². The first-order valence-corrected chi connectivity index (χ1v) is 4.69. The molecule has 0 saturated heterocycles. The molecule has 0 atom stereocenters. The van der Waals surface area contributed by atoms with Crippen molar-refractivity contribution in [1.29, 1.82) is 0 Å². The SMILES string of the molecule is C/C=C/COc1ccc(OC)cc1C=O. The normalized spacial score (nSPS) is 10.3. The first-order valence-electron chi connectivity index (χ1n) is 4.69. The van der Waals surface area contributed by atoms with Gasteiger partial charge in [-0.25, -0.2) is 0 Å². The lowest BCUT2D eigenvalue weighted by Crippen LogP contribution is -1.97. The third-order valence-corrected chi connectivity index (χ3v) is 1.91. The van der Waals surface area contributed by atoms with E-state index >= 15 is 0 Å². The smallest absolute Gasteiger partial charge is 0.153 e. The number of allylic oxidation sites excluding steroid dienone is 1. The maximum absolute atomic E-state index is 10.8. The molecule has 0 N–H and O–H groups in total. The van der Waals surface area contributed by atoms with Crippen LogP contribution in [0.5, 0.6) is 11.5 Å². The van der Waals surface area contributed by atoms with Crippen molar-refractivity contribution in [2.24, 2.45) is 0 Å². The molecule has 0 heterocycles. The molecule has 0 aliphatic heterocycles. The van der Waals surface area contributed by atoms with Crippen molar-refractivity contribution >= 4 is 6.29 Å². The van der Waals surface area contributed by atoms with Gasteiger partial charge in [-0.05, 0) is 25.1 Å². The summed E-state index contributed by atoms with van der Waals surface area (Å²) in [5.74, 6) is 1.22. The van der Waals surface area contributed by atoms with Crippen LogP contribution < -0.4 is 9.47 Å². The lowest BCUT2D eigenvalue weighted by molar-refractivity contribution is 0.111. The molecule has 1 aromatic rings. The van der Waals surface area contributed by atoms with Crippen molar-refractivity contribution in [3.8, 4) is 11.5 Å². The second kappa shape index (κ2) is 5.86. The number of hydrogen-bond donors (Lipinski definition) is 0. The van der Waals surface area contributed by atoms with E-state index in [2.05, 4.69) is 0 Å². The standard InChI is InChI=1S/C12H14O3/c1-3-4-7-15-12-6-5-11(14-2)8-10(12)9-13/h3-6,8-9H,7H2,1-2H3/b4-3+. The number of methoxy groups -OCH3 is 1. The minimum Gasteiger partial charge on any atom is -0.497 e. The maximum atomic E-state index is 10.8. The Hall–Kier alpha value is -1.77. The fourth-order valence-corrected chi connectivity index (χ4v) is 1.11. The van der Waals surface area contributed by atoms with Gasteiger partial charge < -0.3 is 9.47 Å². The summed E-state index contributed by atoms with van der Waals surface area (Å²) in [6, 6.07) is 5.14. The predicted molar refractivity (Wildman–Crippen MR) is 58.7 cm³/mol. The van der Waals surface area contributed by atoms with Crippen molar-refractivity contribution in [2.75, 3.05) is 13.7 Å². The Morgan fingerprint density at radius 1 is 1.40 bits per heavy atom. The second-order valence-electron chi connectivity index (χ2n) is 2.90. The number of aldehydes is 1. The highest BCUT2D eigenvalue weighted by Crippen LogP contribution is 2.22. The van der Waals surface area contributed by atoms with Crippen LogP contribution in [0.1, 0.15) is 17.3 Å². The van der Waals surface area contributed by atoms with E-state index in [4.69, 9.17) is 9.47 Å². The van der Waals surface area contributed by atoms with E-state index in [1.807, 2.05) is 19.1 Å². The third kappa shape index (κ3) is 3.13. The topological polar surface area (TPSA) is 35.5 Å². The van der Waals surface area contributed by atoms with E-state index in [9.17, 15) is 4.79 Å². The summed E-state index contributed by atoms with van der Waals surface area (Å²) in [7, 11) is 1.56. The van der Waals surface area contributed by atoms with Crippen LogP contribution in [0.4, 0.5) is 0 Å². The number of carbonyl (C=O) groups excluding carboxylic acids is 1. The van der Waals surface area contributed by atoms with Crippen molar-refractivity contribution < 1.29 is 14.3 Å². The quantitative estimate of drug-likeness (QED) is 0.548. The number of benzene rings is 1. The van der Waals surface area contributed by atoms with E-state index in [0.29, 0.717) is 23.7 Å². The van der Waals surface area contributed by atoms with E-state index in [-0.39, 0.29) is 0 Å². The molecule has 3 nitrogen and oxygen atoms in total. The monoisotopic (exact) mass is 206 g/mol. The molecule has 0 bridgehead atoms. The van der Waals surface area contributed by atoms with E-state index in [0.717, 1.165) is 6.29 Å². The summed E-state index contributed by atoms with van der Waals surface area (Å²) in [6.45, 7) is 2.38. The summed E-state index contributed by atoms with van der Waals surface area (Å²) >= 11 is 0. The van der Waals surface area contributed by atoms with Gasteiger partial charge in [-0.15, -0.1) is 0 Å². The predicted octanol–water partition coefficient (Wildman–Crippen LogP) is 2.46. The lowest BCUT2D eigenvalue weighted by atomic mass is 10.2. The van der Waals surface area contributed by atoms with E-state index in [1.54, 1.807) is 25.3 Å². The van der Waals surface area contributed by atoms with Gasteiger partial charge in [0.05, 0.1) is 12.7 Å². The van der Waals surface area contributed by atoms with Crippen LogP contribution in [0.2, 0.25) is 0 Å². The fourth-order valence-electron chi connectivity index (χ4n) is 1.11. The highest BCUT2D eigenvalue weighted by Gasteiger charge is 2.03. The molecule has 0 fully saturated rings. The van der Waals surface area contributed by atoms with Crippen LogP contribution in [0.3, 0.4) is 0 Å². The van der Waals surface area contributed by atoms with Gasteiger partial charge in [0.1, 0.15) is 18.1 Å². The van der Waals surface area contributed by atoms with E-state index in [1.165, 1.54) is 0 Å². The van der Waals surface area contributed by atoms with Gasteiger partial charge in [-0.3, -0.25) is 4.79 Å². The third-order valence-electron chi connectivity index (χ3n) is 1.91. The molecule has 0 amide bonds. The first kappa shape index (κ1) is 11.3. The number of hydrogen-bond acceptors (Lipinski definition) is 3. The molecule has 0 aromatic heterocycles. The summed E-state index contributed by atoms with van der Waals surface area (Å²) in [6.07, 6.45) is 4.52. The van der Waals surface area contributed by atoms with Gasteiger partial charge in [0.2, 0.25) is 0 Å². The molecule has 1 rings (SSSR count). The van der Waals surface area contributed by atoms with Gasteiger partial charge in [0.15, 0.2) is 6.29 Å². The molecule has 0 unspecified atom stereocenters. The molecule has 1 aromatic carbocycles. The summed E-state index contributed by atoms with van der Waals surface area (Å²) < 4.78 is 10.4. The van der Waals surface area contributed by atoms with Gasteiger partial charge in [0, 0.05) is 0 Å². The second-order valence-corrected chi connectivity index (χ2v) is 2.90. The Kier molecular flexibility index (Phi) is 4.41. The Morgan fingerprint density at radius 3 is 2.80 bits per heavy atom. The van der Waals surface area contributed by atoms with E-state index < -0.39 is 0 Å². The lowest BCUT2D eigenvalue weighted by Gasteiger charge is -2.07. The van der Waals surface area contributed by atoms with Gasteiger partial charge in [0.25, 0.3) is 0 Å². The summed E-state index contributed by atoms with van der Waals surface area (Å²) in [5.41, 5.74) is 0.499. The van der Waals surface area contributed by atoms with Gasteiger partial charge >= 0.3 is 0 Å². The van der Waals surface area contributed by atoms with Crippen LogP contribution in [0.25, 0.3) is 0 Å². The molecule has 3 heteroatoms. The highest BCUT2D eigenvalue weighted by atomic mass is 16.5. The largest absolute Gasteiger partial charge is 0.497 e.